The number of nitrogens with zero attached hydrogens (tertiary/aromatic N) is 1. The summed E-state index contributed by atoms with van der Waals surface area (Å²) in [6.45, 7) is 8.81. The Balaban J connectivity index is 0.00000169. The molecule has 0 atom stereocenters. The van der Waals surface area contributed by atoms with Crippen LogP contribution in [-0.4, -0.2) is 4.98 Å². The van der Waals surface area contributed by atoms with Crippen LogP contribution in [0.4, 0.5) is 0 Å². The Kier molecular flexibility index (Phi) is 5.44. The van der Waals surface area contributed by atoms with Crippen LogP contribution in [0.3, 0.4) is 0 Å². The predicted molar refractivity (Wildman–Crippen MR) is 63.6 cm³/mol. The zero-order chi connectivity index (χ0) is 9.84. The Morgan fingerprint density at radius 1 is 1.14 bits per heavy atom. The lowest BCUT2D eigenvalue weighted by molar-refractivity contribution is 0.644. The van der Waals surface area contributed by atoms with Crippen LogP contribution in [0.2, 0.25) is 0 Å². The van der Waals surface area contributed by atoms with Gasteiger partial charge in [0.2, 0.25) is 0 Å². The van der Waals surface area contributed by atoms with Crippen LogP contribution in [0, 0.1) is 5.92 Å². The van der Waals surface area contributed by atoms with Crippen molar-refractivity contribution in [3.8, 4) is 0 Å². The van der Waals surface area contributed by atoms with E-state index in [2.05, 4.69) is 44.8 Å². The summed E-state index contributed by atoms with van der Waals surface area (Å²) in [7, 11) is 0. The van der Waals surface area contributed by atoms with E-state index in [4.69, 9.17) is 0 Å². The first-order valence-corrected chi connectivity index (χ1v) is 5.04. The molecule has 0 spiro atoms. The van der Waals surface area contributed by atoms with E-state index in [0.29, 0.717) is 11.8 Å². The minimum atomic E-state index is 0. The fraction of sp³-hybridized carbons (Fsp3) is 0.615. The molecule has 0 aliphatic rings. The molecule has 0 aromatic carbocycles. The number of rotatable bonds is 3. The Hall–Kier alpha value is -0.850. The summed E-state index contributed by atoms with van der Waals surface area (Å²) in [5, 5.41) is 0. The first kappa shape index (κ1) is 13.2. The zero-order valence-electron chi connectivity index (χ0n) is 9.04. The van der Waals surface area contributed by atoms with Crippen LogP contribution in [0.5, 0.6) is 0 Å². The third-order valence-electron chi connectivity index (χ3n) is 2.08. The van der Waals surface area contributed by atoms with Gasteiger partial charge >= 0.3 is 0 Å². The first-order chi connectivity index (χ1) is 6.09. The zero-order valence-corrected chi connectivity index (χ0v) is 9.04. The number of hydrogen-bond donors (Lipinski definition) is 0. The molecule has 0 radical (unpaired) electrons. The molecule has 1 aromatic rings. The molecule has 0 bridgehead atoms. The van der Waals surface area contributed by atoms with Crippen LogP contribution < -0.4 is 0 Å². The largest absolute Gasteiger partial charge is 0.261 e. The molecule has 1 heteroatoms. The molecular weight excluding hydrogens is 170 g/mol. The van der Waals surface area contributed by atoms with Crippen molar-refractivity contribution in [3.05, 3.63) is 29.6 Å². The molecule has 0 fully saturated rings. The van der Waals surface area contributed by atoms with E-state index in [-0.39, 0.29) is 7.43 Å². The van der Waals surface area contributed by atoms with Gasteiger partial charge in [-0.15, -0.1) is 0 Å². The third kappa shape index (κ3) is 3.91. The monoisotopic (exact) mass is 193 g/mol. The van der Waals surface area contributed by atoms with Crippen LogP contribution in [0.15, 0.2) is 18.3 Å². The van der Waals surface area contributed by atoms with Gasteiger partial charge in [0.25, 0.3) is 0 Å². The SMILES string of the molecule is C.CC(C)Cc1ccc(C(C)C)nc1. The molecule has 14 heavy (non-hydrogen) atoms. The second kappa shape index (κ2) is 5.79. The van der Waals surface area contributed by atoms with E-state index in [9.17, 15) is 0 Å². The molecule has 1 rings (SSSR count). The molecular formula is C13H23N. The summed E-state index contributed by atoms with van der Waals surface area (Å²) in [5.41, 5.74) is 2.53. The maximum atomic E-state index is 4.43. The van der Waals surface area contributed by atoms with Crippen molar-refractivity contribution >= 4 is 0 Å². The van der Waals surface area contributed by atoms with Crippen LogP contribution >= 0.6 is 0 Å². The molecule has 0 unspecified atom stereocenters. The van der Waals surface area contributed by atoms with Crippen LogP contribution in [0.1, 0.15) is 52.3 Å². The molecule has 1 aromatic heterocycles. The Bertz CT molecular complexity index is 246. The molecule has 0 N–H and O–H groups in total. The first-order valence-electron chi connectivity index (χ1n) is 5.04. The Morgan fingerprint density at radius 3 is 2.14 bits per heavy atom. The summed E-state index contributed by atoms with van der Waals surface area (Å²) in [6, 6.07) is 4.34. The molecule has 0 saturated carbocycles. The van der Waals surface area contributed by atoms with Gasteiger partial charge < -0.3 is 0 Å². The van der Waals surface area contributed by atoms with Crippen molar-refractivity contribution < 1.29 is 0 Å². The van der Waals surface area contributed by atoms with E-state index in [1.54, 1.807) is 0 Å². The standard InChI is InChI=1S/C12H19N.CH4/c1-9(2)7-11-5-6-12(10(3)4)13-8-11;/h5-6,8-10H,7H2,1-4H3;1H4. The van der Waals surface area contributed by atoms with Crippen molar-refractivity contribution in [1.29, 1.82) is 0 Å². The van der Waals surface area contributed by atoms with Gasteiger partial charge in [-0.05, 0) is 29.9 Å². The van der Waals surface area contributed by atoms with E-state index in [1.165, 1.54) is 11.3 Å². The lowest BCUT2D eigenvalue weighted by Crippen LogP contribution is -1.97. The quantitative estimate of drug-likeness (QED) is 0.706. The predicted octanol–water partition coefficient (Wildman–Crippen LogP) is 4.04. The summed E-state index contributed by atoms with van der Waals surface area (Å²) in [5.74, 6) is 1.25. The molecule has 80 valence electrons. The second-order valence-corrected chi connectivity index (χ2v) is 4.34. The molecule has 1 heterocycles. The van der Waals surface area contributed by atoms with Crippen molar-refractivity contribution in [2.45, 2.75) is 47.5 Å². The minimum Gasteiger partial charge on any atom is -0.261 e. The molecule has 0 aliphatic carbocycles. The smallest absolute Gasteiger partial charge is 0.0429 e. The summed E-state index contributed by atoms with van der Waals surface area (Å²) in [6.07, 6.45) is 3.14. The fourth-order valence-electron chi connectivity index (χ4n) is 1.37. The van der Waals surface area contributed by atoms with Gasteiger partial charge in [-0.3, -0.25) is 4.98 Å². The highest BCUT2D eigenvalue weighted by Gasteiger charge is 2.01. The average Bonchev–Trinajstić information content (AvgIpc) is 2.04. The van der Waals surface area contributed by atoms with Crippen molar-refractivity contribution in [3.63, 3.8) is 0 Å². The maximum absolute atomic E-state index is 4.43. The van der Waals surface area contributed by atoms with Gasteiger partial charge in [0, 0.05) is 11.9 Å². The maximum Gasteiger partial charge on any atom is 0.0429 e. The highest BCUT2D eigenvalue weighted by molar-refractivity contribution is 5.16. The summed E-state index contributed by atoms with van der Waals surface area (Å²) < 4.78 is 0. The fourth-order valence-corrected chi connectivity index (χ4v) is 1.37. The highest BCUT2D eigenvalue weighted by Crippen LogP contribution is 2.13. The molecule has 0 saturated heterocycles. The second-order valence-electron chi connectivity index (χ2n) is 4.34. The molecule has 0 aliphatic heterocycles. The normalized spacial score (nSPS) is 10.4. The van der Waals surface area contributed by atoms with Crippen LogP contribution in [0.25, 0.3) is 0 Å². The average molecular weight is 193 g/mol. The number of hydrogen-bond acceptors (Lipinski definition) is 1. The van der Waals surface area contributed by atoms with E-state index >= 15 is 0 Å². The lowest BCUT2D eigenvalue weighted by Gasteiger charge is -2.07. The third-order valence-corrected chi connectivity index (χ3v) is 2.08. The van der Waals surface area contributed by atoms with E-state index in [1.807, 2.05) is 6.20 Å². The van der Waals surface area contributed by atoms with Gasteiger partial charge in [0.1, 0.15) is 0 Å². The van der Waals surface area contributed by atoms with Crippen molar-refractivity contribution in [2.75, 3.05) is 0 Å². The minimum absolute atomic E-state index is 0. The topological polar surface area (TPSA) is 12.9 Å². The Morgan fingerprint density at radius 2 is 1.79 bits per heavy atom. The van der Waals surface area contributed by atoms with Crippen molar-refractivity contribution in [2.24, 2.45) is 5.92 Å². The lowest BCUT2D eigenvalue weighted by atomic mass is 10.0. The van der Waals surface area contributed by atoms with Gasteiger partial charge in [-0.1, -0.05) is 41.2 Å². The van der Waals surface area contributed by atoms with Crippen LogP contribution in [-0.2, 0) is 6.42 Å². The van der Waals surface area contributed by atoms with E-state index < -0.39 is 0 Å². The van der Waals surface area contributed by atoms with Crippen molar-refractivity contribution in [1.82, 2.24) is 4.98 Å². The van der Waals surface area contributed by atoms with Gasteiger partial charge in [-0.2, -0.15) is 0 Å². The summed E-state index contributed by atoms with van der Waals surface area (Å²) in [4.78, 5) is 4.43. The molecule has 0 amide bonds. The molecule has 1 nitrogen and oxygen atoms in total. The van der Waals surface area contributed by atoms with E-state index in [0.717, 1.165) is 6.42 Å². The highest BCUT2D eigenvalue weighted by atomic mass is 14.7. The number of aromatic nitrogens is 1. The van der Waals surface area contributed by atoms with Gasteiger partial charge in [0.15, 0.2) is 0 Å². The number of pyridine rings is 1. The Labute approximate surface area is 88.6 Å². The summed E-state index contributed by atoms with van der Waals surface area (Å²) >= 11 is 0. The van der Waals surface area contributed by atoms with Gasteiger partial charge in [0.05, 0.1) is 0 Å². The van der Waals surface area contributed by atoms with Gasteiger partial charge in [-0.25, -0.2) is 0 Å².